The Morgan fingerprint density at radius 2 is 1.08 bits per heavy atom. The molecule has 0 saturated heterocycles. The van der Waals surface area contributed by atoms with E-state index in [0.29, 0.717) is 0 Å². The SMILES string of the molecule is CC.Cc1ccccc1C#N.Oc1ccc(-c2ccc(O)cc2)cc1. The second-order valence-corrected chi connectivity index (χ2v) is 5.02. The zero-order valence-corrected chi connectivity index (χ0v) is 14.8. The Bertz CT molecular complexity index is 757. The summed E-state index contributed by atoms with van der Waals surface area (Å²) in [5.41, 5.74) is 3.84. The van der Waals surface area contributed by atoms with E-state index < -0.39 is 0 Å². The van der Waals surface area contributed by atoms with E-state index in [9.17, 15) is 0 Å². The van der Waals surface area contributed by atoms with Crippen LogP contribution in [-0.4, -0.2) is 10.2 Å². The lowest BCUT2D eigenvalue weighted by atomic mass is 10.1. The molecule has 0 spiro atoms. The molecular weight excluding hydrogens is 310 g/mol. The topological polar surface area (TPSA) is 64.2 Å². The predicted octanol–water partition coefficient (Wildman–Crippen LogP) is 5.66. The molecule has 0 heterocycles. The third-order valence-corrected chi connectivity index (χ3v) is 3.33. The lowest BCUT2D eigenvalue weighted by Gasteiger charge is -2.01. The van der Waals surface area contributed by atoms with Crippen LogP contribution in [0, 0.1) is 18.3 Å². The Labute approximate surface area is 149 Å². The van der Waals surface area contributed by atoms with E-state index >= 15 is 0 Å². The van der Waals surface area contributed by atoms with E-state index in [0.717, 1.165) is 22.3 Å². The molecule has 128 valence electrons. The van der Waals surface area contributed by atoms with E-state index in [-0.39, 0.29) is 11.5 Å². The fraction of sp³-hybridized carbons (Fsp3) is 0.136. The molecule has 3 aromatic carbocycles. The predicted molar refractivity (Wildman–Crippen MR) is 102 cm³/mol. The number of rotatable bonds is 1. The number of aromatic hydroxyl groups is 2. The fourth-order valence-corrected chi connectivity index (χ4v) is 2.01. The molecule has 0 radical (unpaired) electrons. The molecule has 0 aliphatic carbocycles. The van der Waals surface area contributed by atoms with Gasteiger partial charge in [-0.1, -0.05) is 56.3 Å². The van der Waals surface area contributed by atoms with E-state index in [2.05, 4.69) is 6.07 Å². The van der Waals surface area contributed by atoms with Crippen molar-refractivity contribution in [2.24, 2.45) is 0 Å². The second-order valence-electron chi connectivity index (χ2n) is 5.02. The Kier molecular flexibility index (Phi) is 8.32. The smallest absolute Gasteiger partial charge is 0.115 e. The highest BCUT2D eigenvalue weighted by molar-refractivity contribution is 5.64. The summed E-state index contributed by atoms with van der Waals surface area (Å²) >= 11 is 0. The van der Waals surface area contributed by atoms with Gasteiger partial charge in [0, 0.05) is 0 Å². The van der Waals surface area contributed by atoms with Crippen LogP contribution in [0.3, 0.4) is 0 Å². The van der Waals surface area contributed by atoms with Gasteiger partial charge < -0.3 is 10.2 Å². The highest BCUT2D eigenvalue weighted by Crippen LogP contribution is 2.23. The first-order chi connectivity index (χ1) is 12.1. The van der Waals surface area contributed by atoms with Gasteiger partial charge in [-0.05, 0) is 53.9 Å². The highest BCUT2D eigenvalue weighted by atomic mass is 16.3. The molecule has 3 aromatic rings. The Hall–Kier alpha value is -3.25. The van der Waals surface area contributed by atoms with Crippen LogP contribution < -0.4 is 0 Å². The van der Waals surface area contributed by atoms with Gasteiger partial charge in [0.1, 0.15) is 11.5 Å². The van der Waals surface area contributed by atoms with E-state index in [1.165, 1.54) is 0 Å². The van der Waals surface area contributed by atoms with Crippen LogP contribution in [0.2, 0.25) is 0 Å². The maximum absolute atomic E-state index is 9.11. The minimum Gasteiger partial charge on any atom is -0.508 e. The van der Waals surface area contributed by atoms with Crippen molar-refractivity contribution in [2.45, 2.75) is 20.8 Å². The van der Waals surface area contributed by atoms with Crippen molar-refractivity contribution in [2.75, 3.05) is 0 Å². The monoisotopic (exact) mass is 333 g/mol. The number of hydrogen-bond donors (Lipinski definition) is 2. The van der Waals surface area contributed by atoms with Crippen LogP contribution >= 0.6 is 0 Å². The van der Waals surface area contributed by atoms with Gasteiger partial charge in [0.15, 0.2) is 0 Å². The largest absolute Gasteiger partial charge is 0.508 e. The molecule has 0 atom stereocenters. The molecule has 0 amide bonds. The van der Waals surface area contributed by atoms with Crippen molar-refractivity contribution < 1.29 is 10.2 Å². The second kappa shape index (κ2) is 10.5. The zero-order valence-electron chi connectivity index (χ0n) is 14.8. The summed E-state index contributed by atoms with van der Waals surface area (Å²) in [6.07, 6.45) is 0. The molecule has 0 unspecified atom stereocenters. The Morgan fingerprint density at radius 1 is 0.680 bits per heavy atom. The maximum Gasteiger partial charge on any atom is 0.115 e. The van der Waals surface area contributed by atoms with Crippen LogP contribution in [0.1, 0.15) is 25.0 Å². The van der Waals surface area contributed by atoms with Crippen molar-refractivity contribution in [1.29, 1.82) is 5.26 Å². The molecule has 2 N–H and O–H groups in total. The van der Waals surface area contributed by atoms with Crippen LogP contribution in [-0.2, 0) is 0 Å². The fourth-order valence-electron chi connectivity index (χ4n) is 2.01. The van der Waals surface area contributed by atoms with E-state index in [1.54, 1.807) is 24.3 Å². The first-order valence-corrected chi connectivity index (χ1v) is 8.14. The molecule has 0 aliphatic heterocycles. The standard InChI is InChI=1S/C12H10O2.C8H7N.C2H6/c13-11-5-1-9(2-6-11)10-3-7-12(14)8-4-10;1-7-4-2-3-5-8(7)6-9;1-2/h1-8,13-14H;2-5H,1H3;1-2H3. The molecule has 0 aliphatic rings. The number of phenols is 2. The van der Waals surface area contributed by atoms with Crippen molar-refractivity contribution in [1.82, 2.24) is 0 Å². The number of phenolic OH excluding ortho intramolecular Hbond substituents is 2. The summed E-state index contributed by atoms with van der Waals surface area (Å²) in [5.74, 6) is 0.514. The van der Waals surface area contributed by atoms with Gasteiger partial charge in [0.2, 0.25) is 0 Å². The third-order valence-electron chi connectivity index (χ3n) is 3.33. The normalized spacial score (nSPS) is 8.88. The maximum atomic E-state index is 9.11. The summed E-state index contributed by atoms with van der Waals surface area (Å²) in [7, 11) is 0. The highest BCUT2D eigenvalue weighted by Gasteiger charge is 1.97. The van der Waals surface area contributed by atoms with Crippen LogP contribution in [0.15, 0.2) is 72.8 Å². The van der Waals surface area contributed by atoms with Gasteiger partial charge in [-0.3, -0.25) is 0 Å². The molecule has 0 aromatic heterocycles. The summed E-state index contributed by atoms with van der Waals surface area (Å²) in [6.45, 7) is 5.93. The summed E-state index contributed by atoms with van der Waals surface area (Å²) in [6, 6.07) is 23.5. The number of aryl methyl sites for hydroxylation is 1. The third kappa shape index (κ3) is 6.40. The average molecular weight is 333 g/mol. The van der Waals surface area contributed by atoms with Crippen LogP contribution in [0.4, 0.5) is 0 Å². The first kappa shape index (κ1) is 19.8. The van der Waals surface area contributed by atoms with Gasteiger partial charge in [-0.2, -0.15) is 5.26 Å². The van der Waals surface area contributed by atoms with Crippen molar-refractivity contribution >= 4 is 0 Å². The quantitative estimate of drug-likeness (QED) is 0.604. The average Bonchev–Trinajstić information content (AvgIpc) is 2.66. The molecular formula is C22H23NO2. The summed E-state index contributed by atoms with van der Waals surface area (Å²) in [4.78, 5) is 0. The lowest BCUT2D eigenvalue weighted by Crippen LogP contribution is -1.77. The van der Waals surface area contributed by atoms with Gasteiger partial charge in [-0.25, -0.2) is 0 Å². The number of nitrogens with zero attached hydrogens (tertiary/aromatic N) is 1. The summed E-state index contributed by atoms with van der Waals surface area (Å²) < 4.78 is 0. The van der Waals surface area contributed by atoms with Crippen LogP contribution in [0.25, 0.3) is 11.1 Å². The minimum atomic E-state index is 0.257. The van der Waals surface area contributed by atoms with Crippen LogP contribution in [0.5, 0.6) is 11.5 Å². The number of benzene rings is 3. The van der Waals surface area contributed by atoms with E-state index in [1.807, 2.05) is 69.3 Å². The van der Waals surface area contributed by atoms with Gasteiger partial charge in [0.05, 0.1) is 11.6 Å². The van der Waals surface area contributed by atoms with Gasteiger partial charge in [-0.15, -0.1) is 0 Å². The molecule has 0 saturated carbocycles. The van der Waals surface area contributed by atoms with Gasteiger partial charge in [0.25, 0.3) is 0 Å². The molecule has 0 fully saturated rings. The van der Waals surface area contributed by atoms with Gasteiger partial charge >= 0.3 is 0 Å². The van der Waals surface area contributed by atoms with Crippen molar-refractivity contribution in [3.63, 3.8) is 0 Å². The molecule has 3 rings (SSSR count). The zero-order chi connectivity index (χ0) is 18.7. The summed E-state index contributed by atoms with van der Waals surface area (Å²) in [5, 5.41) is 26.7. The number of hydrogen-bond acceptors (Lipinski definition) is 3. The Morgan fingerprint density at radius 3 is 1.40 bits per heavy atom. The van der Waals surface area contributed by atoms with Crippen molar-refractivity contribution in [3.8, 4) is 28.7 Å². The number of nitriles is 1. The van der Waals surface area contributed by atoms with E-state index in [4.69, 9.17) is 15.5 Å². The van der Waals surface area contributed by atoms with Crippen molar-refractivity contribution in [3.05, 3.63) is 83.9 Å². The molecule has 0 bridgehead atoms. The first-order valence-electron chi connectivity index (χ1n) is 8.14. The lowest BCUT2D eigenvalue weighted by molar-refractivity contribution is 0.474. The molecule has 25 heavy (non-hydrogen) atoms. The Balaban J connectivity index is 0.000000246. The molecule has 3 nitrogen and oxygen atoms in total. The molecule has 3 heteroatoms. The minimum absolute atomic E-state index is 0.257.